The van der Waals surface area contributed by atoms with Gasteiger partial charge >= 0.3 is 24.1 Å². The summed E-state index contributed by atoms with van der Waals surface area (Å²) in [6.45, 7) is -2.46. The number of rotatable bonds is 18. The van der Waals surface area contributed by atoms with Crippen LogP contribution in [0.1, 0.15) is 63.5 Å². The Bertz CT molecular complexity index is 2990. The quantitative estimate of drug-likeness (QED) is 0.0406. The molecule has 362 valence electrons. The Labute approximate surface area is 398 Å². The second-order valence-corrected chi connectivity index (χ2v) is 19.6. The number of nitrogens with one attached hydrogen (secondary N) is 2. The van der Waals surface area contributed by atoms with Crippen molar-refractivity contribution in [2.75, 3.05) is 27.4 Å². The minimum atomic E-state index is -4.80. The molecule has 0 amide bonds. The Balaban J connectivity index is 1.06. The SMILES string of the molecule is COc1ccc(C(OC[C@H]2O[C@@H](n3cc(C)c(=O)[nH]c3=O)C[C@@H]2OP(=O)(O)SOC[C@H]2O[C@@H](n3cc(C)c(=O)[nH]c3=O)C[C@@H]2OC(=O)c2ccccc2)(c2ccccc2)c2ccc(OC)cc2)cc1. The number of carbonyl (C=O) groups excluding carboxylic acids is 1. The molecule has 2 fully saturated rings. The summed E-state index contributed by atoms with van der Waals surface area (Å²) in [5, 5.41) is 0. The van der Waals surface area contributed by atoms with Gasteiger partial charge in [0.25, 0.3) is 11.1 Å². The third kappa shape index (κ3) is 10.9. The lowest BCUT2D eigenvalue weighted by Crippen LogP contribution is -2.38. The number of aromatic amines is 2. The van der Waals surface area contributed by atoms with Crippen LogP contribution in [0.3, 0.4) is 0 Å². The van der Waals surface area contributed by atoms with E-state index in [9.17, 15) is 33.4 Å². The molecule has 21 heteroatoms. The van der Waals surface area contributed by atoms with Crippen LogP contribution >= 0.6 is 18.5 Å². The van der Waals surface area contributed by atoms with Crippen LogP contribution in [0.4, 0.5) is 0 Å². The Morgan fingerprint density at radius 2 is 1.16 bits per heavy atom. The molecular formula is C48H49N4O15PS. The highest BCUT2D eigenvalue weighted by Gasteiger charge is 2.46. The molecule has 7 atom stereocenters. The molecule has 3 N–H and O–H groups in total. The van der Waals surface area contributed by atoms with Crippen LogP contribution in [0.5, 0.6) is 11.5 Å². The molecule has 0 saturated carbocycles. The second-order valence-electron chi connectivity index (χ2n) is 16.3. The zero-order valence-electron chi connectivity index (χ0n) is 37.8. The van der Waals surface area contributed by atoms with Crippen molar-refractivity contribution in [1.82, 2.24) is 19.1 Å². The van der Waals surface area contributed by atoms with Gasteiger partial charge < -0.3 is 37.5 Å². The number of H-pyrrole nitrogens is 2. The van der Waals surface area contributed by atoms with Gasteiger partial charge in [-0.15, -0.1) is 0 Å². The summed E-state index contributed by atoms with van der Waals surface area (Å²) < 4.78 is 64.5. The van der Waals surface area contributed by atoms with Crippen molar-refractivity contribution >= 4 is 24.4 Å². The second kappa shape index (κ2) is 21.1. The average molecular weight is 985 g/mol. The molecule has 0 spiro atoms. The van der Waals surface area contributed by atoms with Crippen LogP contribution < -0.4 is 32.0 Å². The van der Waals surface area contributed by atoms with Crippen molar-refractivity contribution in [3.05, 3.63) is 197 Å². The molecule has 2 saturated heterocycles. The number of esters is 1. The maximum atomic E-state index is 14.1. The lowest BCUT2D eigenvalue weighted by molar-refractivity contribution is -0.0919. The van der Waals surface area contributed by atoms with Gasteiger partial charge in [0.05, 0.1) is 33.0 Å². The van der Waals surface area contributed by atoms with Crippen LogP contribution in [0.2, 0.25) is 0 Å². The number of methoxy groups -OCH3 is 2. The molecule has 4 aromatic carbocycles. The van der Waals surface area contributed by atoms with Gasteiger partial charge in [-0.2, -0.15) is 0 Å². The zero-order chi connectivity index (χ0) is 48.9. The summed E-state index contributed by atoms with van der Waals surface area (Å²) in [4.78, 5) is 79.7. The molecule has 6 aromatic rings. The van der Waals surface area contributed by atoms with Crippen molar-refractivity contribution in [1.29, 1.82) is 0 Å². The third-order valence-corrected chi connectivity index (χ3v) is 13.9. The van der Waals surface area contributed by atoms with Gasteiger partial charge in [-0.3, -0.25) is 33.2 Å². The number of hydrogen-bond acceptors (Lipinski definition) is 15. The van der Waals surface area contributed by atoms with Crippen molar-refractivity contribution in [3.8, 4) is 11.5 Å². The van der Waals surface area contributed by atoms with Gasteiger partial charge in [-0.25, -0.2) is 18.9 Å². The van der Waals surface area contributed by atoms with E-state index >= 15 is 0 Å². The van der Waals surface area contributed by atoms with Gasteiger partial charge in [0.15, 0.2) is 0 Å². The lowest BCUT2D eigenvalue weighted by atomic mass is 9.80. The van der Waals surface area contributed by atoms with E-state index in [1.807, 2.05) is 54.6 Å². The minimum Gasteiger partial charge on any atom is -0.497 e. The average Bonchev–Trinajstić information content (AvgIpc) is 3.94. The Morgan fingerprint density at radius 3 is 1.67 bits per heavy atom. The standard InChI is InChI=1S/C48H49N4O15PS/c1-29-25-51(46(56)49-43(29)53)41-23-37(66-45(55)31-11-7-5-8-12-31)40(65-41)28-63-69-68(58,59)67-38-24-42(52-26-30(2)44(54)50-47(52)57)64-39(38)27-62-48(32-13-9-6-10-14-32,33-15-19-35(60-3)20-16-33)34-17-21-36(61-4)22-18-34/h5-22,25-26,37-42H,23-24,27-28H2,1-4H3,(H,58,59)(H,49,53,56)(H,50,54,57)/t37-,38-,39+,40+,41+,42+/m0/s1. The fourth-order valence-electron chi connectivity index (χ4n) is 8.29. The van der Waals surface area contributed by atoms with Crippen LogP contribution in [0.25, 0.3) is 0 Å². The lowest BCUT2D eigenvalue weighted by Gasteiger charge is -2.37. The summed E-state index contributed by atoms with van der Waals surface area (Å²) in [6.07, 6.45) is -4.01. The van der Waals surface area contributed by atoms with E-state index in [0.29, 0.717) is 22.6 Å². The largest absolute Gasteiger partial charge is 0.497 e. The van der Waals surface area contributed by atoms with Crippen LogP contribution in [-0.4, -0.2) is 81.8 Å². The topological polar surface area (TPSA) is 238 Å². The smallest absolute Gasteiger partial charge is 0.413 e. The van der Waals surface area contributed by atoms with Crippen LogP contribution in [-0.2, 0) is 37.8 Å². The molecule has 0 radical (unpaired) electrons. The highest BCUT2D eigenvalue weighted by molar-refractivity contribution is 8.52. The fourth-order valence-corrected chi connectivity index (χ4v) is 10.2. The van der Waals surface area contributed by atoms with Gasteiger partial charge in [-0.05, 0) is 66.9 Å². The van der Waals surface area contributed by atoms with Crippen LogP contribution in [0.15, 0.2) is 141 Å². The molecule has 2 aliphatic rings. The van der Waals surface area contributed by atoms with Gasteiger partial charge in [0.1, 0.15) is 65.6 Å². The number of hydrogen-bond donors (Lipinski definition) is 3. The highest BCUT2D eigenvalue weighted by atomic mass is 32.7. The number of benzene rings is 4. The maximum Gasteiger partial charge on any atom is 0.413 e. The van der Waals surface area contributed by atoms with Gasteiger partial charge in [0, 0.05) is 36.4 Å². The normalized spacial score (nSPS) is 21.1. The number of aromatic nitrogens is 4. The van der Waals surface area contributed by atoms with Crippen molar-refractivity contribution in [2.45, 2.75) is 69.2 Å². The molecule has 4 heterocycles. The van der Waals surface area contributed by atoms with Crippen molar-refractivity contribution < 1.29 is 51.4 Å². The predicted octanol–water partition coefficient (Wildman–Crippen LogP) is 5.68. The molecule has 69 heavy (non-hydrogen) atoms. The summed E-state index contributed by atoms with van der Waals surface area (Å²) in [7, 11) is 3.12. The summed E-state index contributed by atoms with van der Waals surface area (Å²) in [6, 6.07) is 32.3. The monoisotopic (exact) mass is 984 g/mol. The first-order valence-electron chi connectivity index (χ1n) is 21.7. The Hall–Kier alpha value is -6.35. The summed E-state index contributed by atoms with van der Waals surface area (Å²) in [5.41, 5.74) is -1.20. The first kappa shape index (κ1) is 49.1. The van der Waals surface area contributed by atoms with E-state index in [4.69, 9.17) is 37.1 Å². The van der Waals surface area contributed by atoms with E-state index in [0.717, 1.165) is 10.1 Å². The number of ether oxygens (including phenoxy) is 6. The molecule has 0 aliphatic carbocycles. The zero-order valence-corrected chi connectivity index (χ0v) is 39.5. The minimum absolute atomic E-state index is 0.0282. The Morgan fingerprint density at radius 1 is 0.696 bits per heavy atom. The number of aryl methyl sites for hydroxylation is 2. The molecule has 0 bridgehead atoms. The predicted molar refractivity (Wildman–Crippen MR) is 251 cm³/mol. The summed E-state index contributed by atoms with van der Waals surface area (Å²) >= 11 is 0.118. The highest BCUT2D eigenvalue weighted by Crippen LogP contribution is 2.59. The van der Waals surface area contributed by atoms with Gasteiger partial charge in [0.2, 0.25) is 0 Å². The van der Waals surface area contributed by atoms with Crippen molar-refractivity contribution in [3.63, 3.8) is 0 Å². The van der Waals surface area contributed by atoms with Gasteiger partial charge in [-0.1, -0.05) is 72.8 Å². The first-order valence-corrected chi connectivity index (χ1v) is 24.6. The molecular weight excluding hydrogens is 936 g/mol. The fraction of sp³-hybridized carbons (Fsp3) is 0.312. The molecule has 8 rings (SSSR count). The first-order chi connectivity index (χ1) is 33.2. The number of carbonyl (C=O) groups is 1. The van der Waals surface area contributed by atoms with E-state index in [1.54, 1.807) is 68.8 Å². The molecule has 19 nitrogen and oxygen atoms in total. The molecule has 2 aromatic heterocycles. The van der Waals surface area contributed by atoms with Crippen molar-refractivity contribution in [2.24, 2.45) is 0 Å². The molecule has 2 aliphatic heterocycles. The van der Waals surface area contributed by atoms with Crippen LogP contribution in [0, 0.1) is 13.8 Å². The van der Waals surface area contributed by atoms with E-state index < -0.39 is 84.3 Å². The van der Waals surface area contributed by atoms with E-state index in [-0.39, 0.29) is 47.8 Å². The maximum absolute atomic E-state index is 14.1. The van der Waals surface area contributed by atoms with E-state index in [1.165, 1.54) is 30.8 Å². The van der Waals surface area contributed by atoms with E-state index in [2.05, 4.69) is 9.97 Å². The summed E-state index contributed by atoms with van der Waals surface area (Å²) in [5.74, 6) is 0.529. The number of nitrogens with zero attached hydrogens (tertiary/aromatic N) is 2. The molecule has 1 unspecified atom stereocenters. The Kier molecular flexibility index (Phi) is 15.0. The third-order valence-electron chi connectivity index (χ3n) is 11.8.